The Morgan fingerprint density at radius 2 is 1.62 bits per heavy atom. The maximum Gasteiger partial charge on any atom is 0.126 e. The van der Waals surface area contributed by atoms with E-state index in [1.807, 2.05) is 0 Å². The van der Waals surface area contributed by atoms with Crippen LogP contribution in [0, 0.1) is 11.6 Å². The fourth-order valence-electron chi connectivity index (χ4n) is 2.01. The van der Waals surface area contributed by atoms with Gasteiger partial charge in [-0.3, -0.25) is 0 Å². The van der Waals surface area contributed by atoms with Crippen molar-refractivity contribution in [3.63, 3.8) is 0 Å². The molecular formula is C17H18F2O2. The number of benzene rings is 2. The summed E-state index contributed by atoms with van der Waals surface area (Å²) in [7, 11) is 0. The minimum absolute atomic E-state index is 0.187. The van der Waals surface area contributed by atoms with E-state index in [1.165, 1.54) is 0 Å². The summed E-state index contributed by atoms with van der Waals surface area (Å²) < 4.78 is 31.9. The number of aliphatic hydroxyl groups is 1. The van der Waals surface area contributed by atoms with Crippen LogP contribution >= 0.6 is 0 Å². The number of unbranched alkanes of at least 4 members (excludes halogenated alkanes) is 1. The third-order valence-corrected chi connectivity index (χ3v) is 3.16. The van der Waals surface area contributed by atoms with Crippen LogP contribution in [0.5, 0.6) is 5.75 Å². The second kappa shape index (κ2) is 7.18. The summed E-state index contributed by atoms with van der Waals surface area (Å²) in [6.07, 6.45) is 0.967. The second-order valence-corrected chi connectivity index (χ2v) is 4.88. The third kappa shape index (κ3) is 4.26. The first-order valence-electron chi connectivity index (χ1n) is 6.97. The van der Waals surface area contributed by atoms with Gasteiger partial charge in [-0.2, -0.15) is 0 Å². The number of ether oxygens (including phenoxy) is 1. The second-order valence-electron chi connectivity index (χ2n) is 4.88. The molecular weight excluding hydrogens is 274 g/mol. The summed E-state index contributed by atoms with van der Waals surface area (Å²) in [4.78, 5) is 0. The third-order valence-electron chi connectivity index (χ3n) is 3.16. The highest BCUT2D eigenvalue weighted by atomic mass is 19.1. The molecule has 112 valence electrons. The summed E-state index contributed by atoms with van der Waals surface area (Å²) >= 11 is 0. The van der Waals surface area contributed by atoms with Crippen molar-refractivity contribution < 1.29 is 18.6 Å². The van der Waals surface area contributed by atoms with Crippen molar-refractivity contribution in [2.24, 2.45) is 0 Å². The Kier molecular flexibility index (Phi) is 5.28. The monoisotopic (exact) mass is 292 g/mol. The summed E-state index contributed by atoms with van der Waals surface area (Å²) in [6, 6.07) is 9.89. The van der Waals surface area contributed by atoms with Crippen LogP contribution in [0.2, 0.25) is 0 Å². The predicted octanol–water partition coefficient (Wildman–Crippen LogP) is 4.23. The largest absolute Gasteiger partial charge is 0.494 e. The van der Waals surface area contributed by atoms with Crippen molar-refractivity contribution in [1.82, 2.24) is 0 Å². The summed E-state index contributed by atoms with van der Waals surface area (Å²) in [5.74, 6) is -0.697. The Labute approximate surface area is 123 Å². The van der Waals surface area contributed by atoms with Crippen molar-refractivity contribution >= 4 is 0 Å². The van der Waals surface area contributed by atoms with E-state index < -0.39 is 17.7 Å². The van der Waals surface area contributed by atoms with Crippen LogP contribution in [-0.4, -0.2) is 11.7 Å². The van der Waals surface area contributed by atoms with Gasteiger partial charge in [-0.15, -0.1) is 0 Å². The van der Waals surface area contributed by atoms with Gasteiger partial charge in [-0.1, -0.05) is 25.5 Å². The quantitative estimate of drug-likeness (QED) is 0.808. The zero-order valence-corrected chi connectivity index (χ0v) is 11.9. The van der Waals surface area contributed by atoms with Crippen LogP contribution in [0.25, 0.3) is 0 Å². The zero-order valence-electron chi connectivity index (χ0n) is 11.9. The van der Waals surface area contributed by atoms with Crippen LogP contribution in [0.15, 0.2) is 42.5 Å². The fraction of sp³-hybridized carbons (Fsp3) is 0.294. The van der Waals surface area contributed by atoms with E-state index in [4.69, 9.17) is 4.74 Å². The molecule has 0 spiro atoms. The van der Waals surface area contributed by atoms with E-state index >= 15 is 0 Å². The van der Waals surface area contributed by atoms with Gasteiger partial charge in [-0.05, 0) is 41.8 Å². The minimum Gasteiger partial charge on any atom is -0.494 e. The van der Waals surface area contributed by atoms with Gasteiger partial charge in [-0.25, -0.2) is 8.78 Å². The lowest BCUT2D eigenvalue weighted by atomic mass is 10.0. The Balaban J connectivity index is 2.10. The molecule has 2 aromatic rings. The van der Waals surface area contributed by atoms with Crippen molar-refractivity contribution in [3.8, 4) is 5.75 Å². The van der Waals surface area contributed by atoms with Gasteiger partial charge in [0, 0.05) is 6.07 Å². The first-order valence-corrected chi connectivity index (χ1v) is 6.97. The molecule has 2 aromatic carbocycles. The molecule has 0 saturated heterocycles. The van der Waals surface area contributed by atoms with Crippen LogP contribution in [-0.2, 0) is 0 Å². The molecule has 0 saturated carbocycles. The molecule has 0 aromatic heterocycles. The topological polar surface area (TPSA) is 29.5 Å². The van der Waals surface area contributed by atoms with E-state index in [2.05, 4.69) is 6.92 Å². The summed E-state index contributed by atoms with van der Waals surface area (Å²) in [5.41, 5.74) is 0.745. The normalized spacial score (nSPS) is 12.2. The van der Waals surface area contributed by atoms with E-state index in [1.54, 1.807) is 24.3 Å². The number of hydrogen-bond donors (Lipinski definition) is 1. The van der Waals surface area contributed by atoms with Crippen molar-refractivity contribution in [2.45, 2.75) is 25.9 Å². The molecule has 2 rings (SSSR count). The van der Waals surface area contributed by atoms with Crippen LogP contribution in [0.1, 0.15) is 37.0 Å². The molecule has 21 heavy (non-hydrogen) atoms. The molecule has 0 amide bonds. The molecule has 0 aliphatic rings. The van der Waals surface area contributed by atoms with E-state index in [0.717, 1.165) is 31.0 Å². The molecule has 0 heterocycles. The predicted molar refractivity (Wildman–Crippen MR) is 77.3 cm³/mol. The van der Waals surface area contributed by atoms with E-state index in [0.29, 0.717) is 17.9 Å². The van der Waals surface area contributed by atoms with Crippen molar-refractivity contribution in [3.05, 3.63) is 65.2 Å². The first-order chi connectivity index (χ1) is 10.1. The maximum absolute atomic E-state index is 13.2. The molecule has 0 fully saturated rings. The van der Waals surface area contributed by atoms with Gasteiger partial charge in [0.1, 0.15) is 23.5 Å². The summed E-state index contributed by atoms with van der Waals surface area (Å²) in [6.45, 7) is 2.73. The number of halogens is 2. The van der Waals surface area contributed by atoms with Gasteiger partial charge in [0.2, 0.25) is 0 Å². The SMILES string of the molecule is CCCCOc1ccc(C(O)c2cc(F)cc(F)c2)cc1. The Bertz CT molecular complexity index is 562. The van der Waals surface area contributed by atoms with Gasteiger partial charge < -0.3 is 9.84 Å². The number of aliphatic hydroxyl groups excluding tert-OH is 1. The lowest BCUT2D eigenvalue weighted by Crippen LogP contribution is -2.02. The molecule has 0 aliphatic heterocycles. The highest BCUT2D eigenvalue weighted by Crippen LogP contribution is 2.25. The lowest BCUT2D eigenvalue weighted by molar-refractivity contribution is 0.219. The molecule has 1 unspecified atom stereocenters. The summed E-state index contributed by atoms with van der Waals surface area (Å²) in [5, 5.41) is 10.2. The Morgan fingerprint density at radius 3 is 2.19 bits per heavy atom. The number of hydrogen-bond acceptors (Lipinski definition) is 2. The van der Waals surface area contributed by atoms with Gasteiger partial charge in [0.25, 0.3) is 0 Å². The Morgan fingerprint density at radius 1 is 1.00 bits per heavy atom. The van der Waals surface area contributed by atoms with Crippen LogP contribution in [0.4, 0.5) is 8.78 Å². The molecule has 0 aliphatic carbocycles. The molecule has 1 atom stereocenters. The van der Waals surface area contributed by atoms with Crippen molar-refractivity contribution in [1.29, 1.82) is 0 Å². The Hall–Kier alpha value is -1.94. The highest BCUT2D eigenvalue weighted by molar-refractivity contribution is 5.34. The molecule has 2 nitrogen and oxygen atoms in total. The van der Waals surface area contributed by atoms with Crippen LogP contribution < -0.4 is 4.74 Å². The average Bonchev–Trinajstić information content (AvgIpc) is 2.46. The molecule has 4 heteroatoms. The van der Waals surface area contributed by atoms with Crippen molar-refractivity contribution in [2.75, 3.05) is 6.61 Å². The standard InChI is InChI=1S/C17H18F2O2/c1-2-3-8-21-16-6-4-12(5-7-16)17(20)13-9-14(18)11-15(19)10-13/h4-7,9-11,17,20H,2-3,8H2,1H3. The van der Waals surface area contributed by atoms with Crippen LogP contribution in [0.3, 0.4) is 0 Å². The fourth-order valence-corrected chi connectivity index (χ4v) is 2.01. The maximum atomic E-state index is 13.2. The smallest absolute Gasteiger partial charge is 0.126 e. The average molecular weight is 292 g/mol. The van der Waals surface area contributed by atoms with E-state index in [9.17, 15) is 13.9 Å². The van der Waals surface area contributed by atoms with E-state index in [-0.39, 0.29) is 5.56 Å². The first kappa shape index (κ1) is 15.4. The number of rotatable bonds is 6. The van der Waals surface area contributed by atoms with Gasteiger partial charge in [0.05, 0.1) is 6.61 Å². The molecule has 0 bridgehead atoms. The van der Waals surface area contributed by atoms with Gasteiger partial charge in [0.15, 0.2) is 0 Å². The minimum atomic E-state index is -1.07. The highest BCUT2D eigenvalue weighted by Gasteiger charge is 2.13. The molecule has 0 radical (unpaired) electrons. The zero-order chi connectivity index (χ0) is 15.2. The van der Waals surface area contributed by atoms with Gasteiger partial charge >= 0.3 is 0 Å². The molecule has 1 N–H and O–H groups in total. The lowest BCUT2D eigenvalue weighted by Gasteiger charge is -2.13.